The van der Waals surface area contributed by atoms with E-state index < -0.39 is 0 Å². The Kier molecular flexibility index (Phi) is 2.69. The van der Waals surface area contributed by atoms with Crippen molar-refractivity contribution in [2.45, 2.75) is 19.4 Å². The number of hydrogen-bond acceptors (Lipinski definition) is 2. The molecule has 0 spiro atoms. The van der Waals surface area contributed by atoms with E-state index in [1.54, 1.807) is 0 Å². The minimum atomic E-state index is 0.707. The number of nitrogens with one attached hydrogen (secondary N) is 1. The summed E-state index contributed by atoms with van der Waals surface area (Å²) in [6.07, 6.45) is 1.34. The first-order chi connectivity index (χ1) is 4.74. The molecule has 1 aliphatic heterocycles. The first kappa shape index (κ1) is 8.02. The van der Waals surface area contributed by atoms with Crippen LogP contribution in [-0.2, 0) is 0 Å². The van der Waals surface area contributed by atoms with Crippen LogP contribution in [0.4, 0.5) is 0 Å². The number of hydrogen-bond donors (Lipinski definition) is 1. The summed E-state index contributed by atoms with van der Waals surface area (Å²) in [5.41, 5.74) is 0. The summed E-state index contributed by atoms with van der Waals surface area (Å²) < 4.78 is 0. The molecule has 1 N–H and O–H groups in total. The number of likely N-dealkylation sites (tertiary alicyclic amines) is 1. The lowest BCUT2D eigenvalue weighted by atomic mass is 9.94. The van der Waals surface area contributed by atoms with Crippen LogP contribution in [0.25, 0.3) is 0 Å². The fourth-order valence-electron chi connectivity index (χ4n) is 1.61. The lowest BCUT2D eigenvalue weighted by molar-refractivity contribution is 0.182. The van der Waals surface area contributed by atoms with Gasteiger partial charge in [0.25, 0.3) is 0 Å². The Morgan fingerprint density at radius 1 is 1.50 bits per heavy atom. The van der Waals surface area contributed by atoms with Crippen molar-refractivity contribution in [2.75, 3.05) is 27.2 Å². The van der Waals surface area contributed by atoms with Crippen molar-refractivity contribution in [3.63, 3.8) is 0 Å². The van der Waals surface area contributed by atoms with Gasteiger partial charge in [-0.3, -0.25) is 0 Å². The van der Waals surface area contributed by atoms with E-state index in [9.17, 15) is 0 Å². The smallest absolute Gasteiger partial charge is 0.0217 e. The van der Waals surface area contributed by atoms with Gasteiger partial charge in [0, 0.05) is 12.6 Å². The standard InChI is InChI=1S/C8H18N2/c1-7-4-5-10(3)6-8(7)9-2/h7-9H,4-6H2,1-3H3/t7-,8?/m1/s1. The highest BCUT2D eigenvalue weighted by Gasteiger charge is 2.21. The molecular formula is C8H18N2. The quantitative estimate of drug-likeness (QED) is 0.575. The maximum absolute atomic E-state index is 3.34. The second kappa shape index (κ2) is 3.35. The van der Waals surface area contributed by atoms with E-state index in [4.69, 9.17) is 0 Å². The van der Waals surface area contributed by atoms with Crippen LogP contribution in [0.15, 0.2) is 0 Å². The van der Waals surface area contributed by atoms with Gasteiger partial charge in [0.15, 0.2) is 0 Å². The van der Waals surface area contributed by atoms with Crippen LogP contribution in [0, 0.1) is 5.92 Å². The Hall–Kier alpha value is -0.0800. The molecule has 1 heterocycles. The highest BCUT2D eigenvalue weighted by molar-refractivity contribution is 4.80. The molecule has 1 rings (SSSR count). The largest absolute Gasteiger partial charge is 0.315 e. The van der Waals surface area contributed by atoms with Gasteiger partial charge in [-0.25, -0.2) is 0 Å². The molecule has 0 radical (unpaired) electrons. The Labute approximate surface area is 63.6 Å². The van der Waals surface area contributed by atoms with E-state index in [1.165, 1.54) is 19.5 Å². The van der Waals surface area contributed by atoms with Gasteiger partial charge < -0.3 is 10.2 Å². The topological polar surface area (TPSA) is 15.3 Å². The molecule has 10 heavy (non-hydrogen) atoms. The normalized spacial score (nSPS) is 36.3. The molecule has 1 fully saturated rings. The maximum Gasteiger partial charge on any atom is 0.0217 e. The van der Waals surface area contributed by atoms with Gasteiger partial charge in [-0.1, -0.05) is 6.92 Å². The third-order valence-corrected chi connectivity index (χ3v) is 2.53. The SMILES string of the molecule is CNC1CN(C)CC[C@H]1C. The zero-order valence-corrected chi connectivity index (χ0v) is 7.22. The van der Waals surface area contributed by atoms with E-state index in [-0.39, 0.29) is 0 Å². The monoisotopic (exact) mass is 142 g/mol. The Bertz CT molecular complexity index is 103. The lowest BCUT2D eigenvalue weighted by Crippen LogP contribution is -2.47. The molecule has 2 atom stereocenters. The average molecular weight is 142 g/mol. The lowest BCUT2D eigenvalue weighted by Gasteiger charge is -2.34. The molecule has 0 amide bonds. The molecular weight excluding hydrogens is 124 g/mol. The molecule has 1 unspecified atom stereocenters. The molecule has 1 saturated heterocycles. The molecule has 0 aliphatic carbocycles. The number of likely N-dealkylation sites (N-methyl/N-ethyl adjacent to an activating group) is 2. The first-order valence-electron chi connectivity index (χ1n) is 4.10. The minimum Gasteiger partial charge on any atom is -0.315 e. The molecule has 0 aromatic carbocycles. The Morgan fingerprint density at radius 3 is 2.70 bits per heavy atom. The molecule has 1 aliphatic rings. The molecule has 2 nitrogen and oxygen atoms in total. The first-order valence-corrected chi connectivity index (χ1v) is 4.10. The van der Waals surface area contributed by atoms with Crippen LogP contribution >= 0.6 is 0 Å². The van der Waals surface area contributed by atoms with E-state index in [2.05, 4.69) is 31.2 Å². The van der Waals surface area contributed by atoms with Crippen LogP contribution in [0.5, 0.6) is 0 Å². The predicted octanol–water partition coefficient (Wildman–Crippen LogP) is 0.546. The molecule has 60 valence electrons. The van der Waals surface area contributed by atoms with Crippen molar-refractivity contribution >= 4 is 0 Å². The van der Waals surface area contributed by atoms with Crippen LogP contribution < -0.4 is 5.32 Å². The fraction of sp³-hybridized carbons (Fsp3) is 1.00. The summed E-state index contributed by atoms with van der Waals surface area (Å²) in [4.78, 5) is 2.39. The number of rotatable bonds is 1. The van der Waals surface area contributed by atoms with Crippen LogP contribution in [-0.4, -0.2) is 38.1 Å². The average Bonchev–Trinajstić information content (AvgIpc) is 1.94. The van der Waals surface area contributed by atoms with Gasteiger partial charge in [-0.15, -0.1) is 0 Å². The van der Waals surface area contributed by atoms with E-state index >= 15 is 0 Å². The highest BCUT2D eigenvalue weighted by Crippen LogP contribution is 2.14. The number of nitrogens with zero attached hydrogens (tertiary/aromatic N) is 1. The summed E-state index contributed by atoms with van der Waals surface area (Å²) in [6, 6.07) is 0.707. The summed E-state index contributed by atoms with van der Waals surface area (Å²) in [7, 11) is 4.25. The zero-order chi connectivity index (χ0) is 7.56. The Morgan fingerprint density at radius 2 is 2.20 bits per heavy atom. The number of piperidine rings is 1. The molecule has 0 saturated carbocycles. The minimum absolute atomic E-state index is 0.707. The van der Waals surface area contributed by atoms with Crippen molar-refractivity contribution in [1.29, 1.82) is 0 Å². The van der Waals surface area contributed by atoms with Crippen molar-refractivity contribution in [1.82, 2.24) is 10.2 Å². The van der Waals surface area contributed by atoms with Gasteiger partial charge in [-0.2, -0.15) is 0 Å². The van der Waals surface area contributed by atoms with Crippen molar-refractivity contribution in [3.8, 4) is 0 Å². The van der Waals surface area contributed by atoms with E-state index in [0.29, 0.717) is 6.04 Å². The van der Waals surface area contributed by atoms with Crippen molar-refractivity contribution in [3.05, 3.63) is 0 Å². The predicted molar refractivity (Wildman–Crippen MR) is 44.1 cm³/mol. The third kappa shape index (κ3) is 1.70. The highest BCUT2D eigenvalue weighted by atomic mass is 15.1. The fourth-order valence-corrected chi connectivity index (χ4v) is 1.61. The third-order valence-electron chi connectivity index (χ3n) is 2.53. The summed E-state index contributed by atoms with van der Waals surface area (Å²) in [6.45, 7) is 4.80. The van der Waals surface area contributed by atoms with Crippen molar-refractivity contribution < 1.29 is 0 Å². The summed E-state index contributed by atoms with van der Waals surface area (Å²) >= 11 is 0. The molecule has 0 aromatic rings. The summed E-state index contributed by atoms with van der Waals surface area (Å²) in [5, 5.41) is 3.34. The molecule has 2 heteroatoms. The maximum atomic E-state index is 3.34. The summed E-state index contributed by atoms with van der Waals surface area (Å²) in [5.74, 6) is 0.848. The van der Waals surface area contributed by atoms with Crippen LogP contribution in [0.2, 0.25) is 0 Å². The Balaban J connectivity index is 2.38. The zero-order valence-electron chi connectivity index (χ0n) is 7.22. The van der Waals surface area contributed by atoms with Crippen LogP contribution in [0.3, 0.4) is 0 Å². The van der Waals surface area contributed by atoms with Gasteiger partial charge in [0.1, 0.15) is 0 Å². The van der Waals surface area contributed by atoms with E-state index in [1.807, 2.05) is 0 Å². The van der Waals surface area contributed by atoms with E-state index in [0.717, 1.165) is 5.92 Å². The second-order valence-electron chi connectivity index (χ2n) is 3.42. The van der Waals surface area contributed by atoms with Crippen molar-refractivity contribution in [2.24, 2.45) is 5.92 Å². The molecule has 0 bridgehead atoms. The second-order valence-corrected chi connectivity index (χ2v) is 3.42. The van der Waals surface area contributed by atoms with Gasteiger partial charge >= 0.3 is 0 Å². The van der Waals surface area contributed by atoms with Gasteiger partial charge in [0.05, 0.1) is 0 Å². The molecule has 0 aromatic heterocycles. The van der Waals surface area contributed by atoms with Gasteiger partial charge in [0.2, 0.25) is 0 Å². The van der Waals surface area contributed by atoms with Crippen LogP contribution in [0.1, 0.15) is 13.3 Å². The van der Waals surface area contributed by atoms with Gasteiger partial charge in [-0.05, 0) is 33.0 Å².